The number of nitrogens with zero attached hydrogens (tertiary/aromatic N) is 1. The molecule has 0 aliphatic heterocycles. The number of carbonyl (C=O) groups excluding carboxylic acids is 1. The smallest absolute Gasteiger partial charge is 0.264 e. The molecule has 0 fully saturated rings. The van der Waals surface area contributed by atoms with Crippen molar-refractivity contribution in [1.82, 2.24) is 0 Å². The Morgan fingerprint density at radius 2 is 1.60 bits per heavy atom. The van der Waals surface area contributed by atoms with Gasteiger partial charge in [0.15, 0.2) is 11.5 Å². The molecule has 3 rings (SSSR count). The summed E-state index contributed by atoms with van der Waals surface area (Å²) in [5.41, 5.74) is 0.783. The molecule has 35 heavy (non-hydrogen) atoms. The lowest BCUT2D eigenvalue weighted by Crippen LogP contribution is -2.38. The minimum Gasteiger partial charge on any atom is -0.494 e. The number of nitrogens with one attached hydrogen (secondary N) is 1. The number of thioether (sulfide) groups is 1. The molecule has 0 bridgehead atoms. The van der Waals surface area contributed by atoms with E-state index in [0.29, 0.717) is 35.2 Å². The van der Waals surface area contributed by atoms with E-state index < -0.39 is 22.5 Å². The quantitative estimate of drug-likeness (QED) is 0.371. The highest BCUT2D eigenvalue weighted by Gasteiger charge is 2.27. The van der Waals surface area contributed by atoms with Gasteiger partial charge in [-0.3, -0.25) is 9.10 Å². The van der Waals surface area contributed by atoms with E-state index in [1.54, 1.807) is 54.6 Å². The second-order valence-electron chi connectivity index (χ2n) is 7.23. The van der Waals surface area contributed by atoms with Crippen LogP contribution in [-0.2, 0) is 14.8 Å². The third kappa shape index (κ3) is 6.40. The topological polar surface area (TPSA) is 94.2 Å². The molecule has 0 saturated carbocycles. The molecule has 3 aromatic rings. The van der Waals surface area contributed by atoms with Gasteiger partial charge in [0, 0.05) is 16.6 Å². The van der Waals surface area contributed by atoms with Gasteiger partial charge in [0.25, 0.3) is 10.0 Å². The first-order chi connectivity index (χ1) is 16.8. The molecule has 0 aliphatic carbocycles. The van der Waals surface area contributed by atoms with Crippen molar-refractivity contribution in [3.63, 3.8) is 0 Å². The Bertz CT molecular complexity index is 1250. The Kier molecular flexibility index (Phi) is 8.89. The van der Waals surface area contributed by atoms with Crippen molar-refractivity contribution in [2.45, 2.75) is 16.7 Å². The molecule has 0 aromatic heterocycles. The molecule has 0 saturated heterocycles. The van der Waals surface area contributed by atoms with Crippen LogP contribution >= 0.6 is 11.8 Å². The Morgan fingerprint density at radius 3 is 2.17 bits per heavy atom. The van der Waals surface area contributed by atoms with E-state index in [0.717, 1.165) is 9.20 Å². The average Bonchev–Trinajstić information content (AvgIpc) is 2.88. The first-order valence-electron chi connectivity index (χ1n) is 10.7. The molecule has 0 unspecified atom stereocenters. The van der Waals surface area contributed by atoms with Crippen molar-refractivity contribution >= 4 is 39.1 Å². The van der Waals surface area contributed by atoms with Gasteiger partial charge in [-0.15, -0.1) is 11.8 Å². The van der Waals surface area contributed by atoms with Gasteiger partial charge in [-0.25, -0.2) is 8.42 Å². The van der Waals surface area contributed by atoms with Crippen LogP contribution in [0, 0.1) is 0 Å². The number of sulfonamides is 1. The number of methoxy groups -OCH3 is 2. The third-order valence-corrected chi connectivity index (χ3v) is 7.57. The van der Waals surface area contributed by atoms with Crippen molar-refractivity contribution < 1.29 is 27.4 Å². The van der Waals surface area contributed by atoms with E-state index >= 15 is 0 Å². The average molecular weight is 517 g/mol. The van der Waals surface area contributed by atoms with Crippen LogP contribution in [0.4, 0.5) is 11.4 Å². The van der Waals surface area contributed by atoms with Crippen molar-refractivity contribution in [1.29, 1.82) is 0 Å². The summed E-state index contributed by atoms with van der Waals surface area (Å²) in [6.45, 7) is 1.91. The molecular weight excluding hydrogens is 488 g/mol. The monoisotopic (exact) mass is 516 g/mol. The van der Waals surface area contributed by atoms with Crippen LogP contribution in [0.25, 0.3) is 0 Å². The molecule has 1 amide bonds. The van der Waals surface area contributed by atoms with E-state index in [1.807, 2.05) is 13.2 Å². The maximum atomic E-state index is 13.6. The predicted molar refractivity (Wildman–Crippen MR) is 139 cm³/mol. The lowest BCUT2D eigenvalue weighted by atomic mass is 10.2. The first kappa shape index (κ1) is 26.2. The number of rotatable bonds is 11. The summed E-state index contributed by atoms with van der Waals surface area (Å²) in [7, 11) is -1.03. The number of anilines is 2. The first-order valence-corrected chi connectivity index (χ1v) is 13.4. The normalized spacial score (nSPS) is 11.0. The summed E-state index contributed by atoms with van der Waals surface area (Å²) in [6, 6.07) is 18.0. The summed E-state index contributed by atoms with van der Waals surface area (Å²) >= 11 is 1.51. The standard InChI is InChI=1S/C25H28N2O6S2/c1-5-33-20-9-7-19(8-10-20)27(35(29,30)22-13-11-21(34-4)12-14-22)17-25(28)26-18-6-15-23(31-2)24(16-18)32-3/h6-16H,5,17H2,1-4H3,(H,26,28). The fourth-order valence-corrected chi connectivity index (χ4v) is 5.14. The molecular formula is C25H28N2O6S2. The highest BCUT2D eigenvalue weighted by atomic mass is 32.2. The van der Waals surface area contributed by atoms with E-state index in [1.165, 1.54) is 38.1 Å². The van der Waals surface area contributed by atoms with Gasteiger partial charge >= 0.3 is 0 Å². The van der Waals surface area contributed by atoms with Gasteiger partial charge in [-0.2, -0.15) is 0 Å². The molecule has 0 radical (unpaired) electrons. The van der Waals surface area contributed by atoms with Crippen LogP contribution in [0.5, 0.6) is 17.2 Å². The van der Waals surface area contributed by atoms with Gasteiger partial charge < -0.3 is 19.5 Å². The van der Waals surface area contributed by atoms with Gasteiger partial charge in [0.2, 0.25) is 5.91 Å². The second kappa shape index (κ2) is 11.9. The highest BCUT2D eigenvalue weighted by Crippen LogP contribution is 2.30. The zero-order valence-corrected chi connectivity index (χ0v) is 21.6. The Balaban J connectivity index is 1.92. The highest BCUT2D eigenvalue weighted by molar-refractivity contribution is 7.98. The molecule has 10 heteroatoms. The fourth-order valence-electron chi connectivity index (χ4n) is 3.31. The largest absolute Gasteiger partial charge is 0.494 e. The number of ether oxygens (including phenoxy) is 3. The van der Waals surface area contributed by atoms with Gasteiger partial charge in [-0.1, -0.05) is 0 Å². The molecule has 3 aromatic carbocycles. The Morgan fingerprint density at radius 1 is 0.943 bits per heavy atom. The summed E-state index contributed by atoms with van der Waals surface area (Å²) < 4.78 is 44.2. The van der Waals surface area contributed by atoms with E-state index in [9.17, 15) is 13.2 Å². The Hall–Kier alpha value is -3.37. The SMILES string of the molecule is CCOc1ccc(N(CC(=O)Nc2ccc(OC)c(OC)c2)S(=O)(=O)c2ccc(SC)cc2)cc1. The number of amides is 1. The van der Waals surface area contributed by atoms with Crippen LogP contribution < -0.4 is 23.8 Å². The van der Waals surface area contributed by atoms with Crippen molar-refractivity contribution in [3.8, 4) is 17.2 Å². The molecule has 0 heterocycles. The van der Waals surface area contributed by atoms with Gasteiger partial charge in [0.1, 0.15) is 12.3 Å². The van der Waals surface area contributed by atoms with Crippen LogP contribution in [-0.4, -0.2) is 48.0 Å². The van der Waals surface area contributed by atoms with Crippen LogP contribution in [0.2, 0.25) is 0 Å². The Labute approximate surface area is 210 Å². The molecule has 0 atom stereocenters. The summed E-state index contributed by atoms with van der Waals surface area (Å²) in [6.07, 6.45) is 1.91. The third-order valence-electron chi connectivity index (χ3n) is 5.04. The van der Waals surface area contributed by atoms with Crippen LogP contribution in [0.15, 0.2) is 76.5 Å². The van der Waals surface area contributed by atoms with Gasteiger partial charge in [-0.05, 0) is 73.8 Å². The van der Waals surface area contributed by atoms with E-state index in [2.05, 4.69) is 5.32 Å². The maximum Gasteiger partial charge on any atom is 0.264 e. The predicted octanol–water partition coefficient (Wildman–Crippen LogP) is 4.66. The van der Waals surface area contributed by atoms with E-state index in [4.69, 9.17) is 14.2 Å². The molecule has 8 nitrogen and oxygen atoms in total. The molecule has 1 N–H and O–H groups in total. The van der Waals surface area contributed by atoms with E-state index in [-0.39, 0.29) is 4.90 Å². The number of benzene rings is 3. The zero-order valence-electron chi connectivity index (χ0n) is 20.0. The maximum absolute atomic E-state index is 13.6. The van der Waals surface area contributed by atoms with Gasteiger partial charge in [0.05, 0.1) is 31.4 Å². The van der Waals surface area contributed by atoms with Crippen LogP contribution in [0.1, 0.15) is 6.92 Å². The second-order valence-corrected chi connectivity index (χ2v) is 9.97. The van der Waals surface area contributed by atoms with Crippen molar-refractivity contribution in [2.75, 3.05) is 43.2 Å². The van der Waals surface area contributed by atoms with Crippen LogP contribution in [0.3, 0.4) is 0 Å². The summed E-state index contributed by atoms with van der Waals surface area (Å²) in [5, 5.41) is 2.73. The molecule has 0 aliphatic rings. The lowest BCUT2D eigenvalue weighted by molar-refractivity contribution is -0.114. The molecule has 186 valence electrons. The van der Waals surface area contributed by atoms with Crippen molar-refractivity contribution in [3.05, 3.63) is 66.7 Å². The number of carbonyl (C=O) groups is 1. The minimum absolute atomic E-state index is 0.0862. The number of hydrogen-bond donors (Lipinski definition) is 1. The minimum atomic E-state index is -4.04. The summed E-state index contributed by atoms with van der Waals surface area (Å²) in [4.78, 5) is 14.0. The number of hydrogen-bond acceptors (Lipinski definition) is 7. The summed E-state index contributed by atoms with van der Waals surface area (Å²) in [5.74, 6) is 1.04. The van der Waals surface area contributed by atoms with Crippen molar-refractivity contribution in [2.24, 2.45) is 0 Å². The zero-order chi connectivity index (χ0) is 25.4. The lowest BCUT2D eigenvalue weighted by Gasteiger charge is -2.24. The fraction of sp³-hybridized carbons (Fsp3) is 0.240. The molecule has 0 spiro atoms.